The number of aromatic nitrogens is 1. The van der Waals surface area contributed by atoms with E-state index in [1.807, 2.05) is 37.3 Å². The van der Waals surface area contributed by atoms with E-state index in [1.54, 1.807) is 18.5 Å². The normalized spacial score (nSPS) is 11.5. The molecule has 5 heteroatoms. The average Bonchev–Trinajstić information content (AvgIpc) is 2.54. The van der Waals surface area contributed by atoms with Crippen LogP contribution in [0.1, 0.15) is 5.56 Å². The van der Waals surface area contributed by atoms with E-state index in [9.17, 15) is 12.8 Å². The monoisotopic (exact) mass is 341 g/mol. The number of aryl methyl sites for hydroxylation is 1. The van der Waals surface area contributed by atoms with Crippen molar-refractivity contribution in [3.05, 3.63) is 72.3 Å². The fraction of sp³-hybridized carbons (Fsp3) is 0.105. The molecular formula is C19H16FNO2S. The summed E-state index contributed by atoms with van der Waals surface area (Å²) in [6.45, 7) is 2.01. The van der Waals surface area contributed by atoms with Gasteiger partial charge in [-0.15, -0.1) is 0 Å². The number of rotatable bonds is 3. The Labute approximate surface area is 140 Å². The standard InChI is InChI=1S/C19H16FNO2S/c1-13-3-5-14(6-4-13)16-9-10-21-12-17(16)15-7-8-19(18(20)11-15)24(2,22)23/h3-12H,1-2H3. The maximum absolute atomic E-state index is 14.2. The van der Waals surface area contributed by atoms with E-state index >= 15 is 0 Å². The highest BCUT2D eigenvalue weighted by molar-refractivity contribution is 7.90. The molecule has 3 rings (SSSR count). The molecule has 1 aromatic heterocycles. The molecule has 0 aliphatic carbocycles. The molecule has 0 atom stereocenters. The molecule has 24 heavy (non-hydrogen) atoms. The molecule has 0 bridgehead atoms. The summed E-state index contributed by atoms with van der Waals surface area (Å²) in [7, 11) is -3.59. The minimum Gasteiger partial charge on any atom is -0.264 e. The largest absolute Gasteiger partial charge is 0.264 e. The number of pyridine rings is 1. The predicted octanol–water partition coefficient (Wildman–Crippen LogP) is 4.27. The Bertz CT molecular complexity index is 996. The summed E-state index contributed by atoms with van der Waals surface area (Å²) in [6.07, 6.45) is 4.33. The minimum absolute atomic E-state index is 0.299. The molecule has 0 radical (unpaired) electrons. The third-order valence-corrected chi connectivity index (χ3v) is 4.96. The smallest absolute Gasteiger partial charge is 0.178 e. The second kappa shape index (κ2) is 6.17. The van der Waals surface area contributed by atoms with Crippen LogP contribution in [0.15, 0.2) is 65.8 Å². The molecular weight excluding hydrogens is 325 g/mol. The van der Waals surface area contributed by atoms with Crippen molar-refractivity contribution in [3.63, 3.8) is 0 Å². The van der Waals surface area contributed by atoms with Crippen LogP contribution in [-0.4, -0.2) is 19.7 Å². The van der Waals surface area contributed by atoms with Crippen molar-refractivity contribution in [2.45, 2.75) is 11.8 Å². The van der Waals surface area contributed by atoms with Crippen molar-refractivity contribution in [3.8, 4) is 22.3 Å². The van der Waals surface area contributed by atoms with E-state index in [4.69, 9.17) is 0 Å². The number of hydrogen-bond donors (Lipinski definition) is 0. The highest BCUT2D eigenvalue weighted by atomic mass is 32.2. The molecule has 0 saturated carbocycles. The second-order valence-corrected chi connectivity index (χ2v) is 7.69. The van der Waals surface area contributed by atoms with Crippen LogP contribution in [0.2, 0.25) is 0 Å². The molecule has 0 fully saturated rings. The van der Waals surface area contributed by atoms with Crippen molar-refractivity contribution in [1.29, 1.82) is 0 Å². The third kappa shape index (κ3) is 3.21. The van der Waals surface area contributed by atoms with Crippen molar-refractivity contribution < 1.29 is 12.8 Å². The lowest BCUT2D eigenvalue weighted by atomic mass is 9.96. The van der Waals surface area contributed by atoms with Crippen LogP contribution in [0.4, 0.5) is 4.39 Å². The van der Waals surface area contributed by atoms with Gasteiger partial charge in [0.05, 0.1) is 0 Å². The predicted molar refractivity (Wildman–Crippen MR) is 92.9 cm³/mol. The van der Waals surface area contributed by atoms with Gasteiger partial charge in [0.2, 0.25) is 0 Å². The highest BCUT2D eigenvalue weighted by Crippen LogP contribution is 2.32. The van der Waals surface area contributed by atoms with Crippen LogP contribution < -0.4 is 0 Å². The molecule has 122 valence electrons. The van der Waals surface area contributed by atoms with Crippen LogP contribution >= 0.6 is 0 Å². The van der Waals surface area contributed by atoms with Gasteiger partial charge in [-0.1, -0.05) is 35.9 Å². The van der Waals surface area contributed by atoms with E-state index in [2.05, 4.69) is 4.98 Å². The van der Waals surface area contributed by atoms with Crippen LogP contribution in [0.25, 0.3) is 22.3 Å². The van der Waals surface area contributed by atoms with Crippen molar-refractivity contribution >= 4 is 9.84 Å². The second-order valence-electron chi connectivity index (χ2n) is 5.70. The fourth-order valence-corrected chi connectivity index (χ4v) is 3.31. The van der Waals surface area contributed by atoms with Crippen LogP contribution in [0, 0.1) is 12.7 Å². The zero-order valence-electron chi connectivity index (χ0n) is 13.3. The Hall–Kier alpha value is -2.53. The third-order valence-electron chi connectivity index (χ3n) is 3.83. The van der Waals surface area contributed by atoms with Crippen LogP contribution in [0.5, 0.6) is 0 Å². The molecule has 0 N–H and O–H groups in total. The zero-order valence-corrected chi connectivity index (χ0v) is 14.1. The van der Waals surface area contributed by atoms with Gasteiger partial charge in [-0.2, -0.15) is 0 Å². The Morgan fingerprint density at radius 3 is 2.21 bits per heavy atom. The first-order valence-electron chi connectivity index (χ1n) is 7.37. The molecule has 3 aromatic rings. The SMILES string of the molecule is Cc1ccc(-c2ccncc2-c2ccc(S(C)(=O)=O)c(F)c2)cc1. The molecule has 3 nitrogen and oxygen atoms in total. The Morgan fingerprint density at radius 1 is 0.917 bits per heavy atom. The summed E-state index contributed by atoms with van der Waals surface area (Å²) >= 11 is 0. The molecule has 0 aliphatic rings. The number of nitrogens with zero attached hydrogens (tertiary/aromatic N) is 1. The van der Waals surface area contributed by atoms with E-state index < -0.39 is 15.7 Å². The van der Waals surface area contributed by atoms with Crippen molar-refractivity contribution in [2.75, 3.05) is 6.26 Å². The van der Waals surface area contributed by atoms with Gasteiger partial charge < -0.3 is 0 Å². The Balaban J connectivity index is 2.14. The minimum atomic E-state index is -3.59. The first-order valence-corrected chi connectivity index (χ1v) is 9.26. The number of sulfone groups is 1. The first kappa shape index (κ1) is 16.3. The summed E-state index contributed by atoms with van der Waals surface area (Å²) in [5.41, 5.74) is 4.39. The lowest BCUT2D eigenvalue weighted by molar-refractivity contribution is 0.571. The lowest BCUT2D eigenvalue weighted by Gasteiger charge is -2.11. The maximum atomic E-state index is 14.2. The number of hydrogen-bond acceptors (Lipinski definition) is 3. The van der Waals surface area contributed by atoms with Gasteiger partial charge in [0, 0.05) is 24.2 Å². The number of halogens is 1. The molecule has 1 heterocycles. The van der Waals surface area contributed by atoms with Gasteiger partial charge in [-0.3, -0.25) is 4.98 Å². The van der Waals surface area contributed by atoms with E-state index in [1.165, 1.54) is 12.1 Å². The summed E-state index contributed by atoms with van der Waals surface area (Å²) < 4.78 is 37.4. The number of benzene rings is 2. The summed E-state index contributed by atoms with van der Waals surface area (Å²) in [6, 6.07) is 14.0. The van der Waals surface area contributed by atoms with Gasteiger partial charge in [-0.05, 0) is 41.8 Å². The van der Waals surface area contributed by atoms with Gasteiger partial charge in [0.15, 0.2) is 9.84 Å². The summed E-state index contributed by atoms with van der Waals surface area (Å²) in [5.74, 6) is -0.756. The summed E-state index contributed by atoms with van der Waals surface area (Å²) in [4.78, 5) is 3.83. The molecule has 0 aliphatic heterocycles. The topological polar surface area (TPSA) is 47.0 Å². The van der Waals surface area contributed by atoms with Crippen molar-refractivity contribution in [2.24, 2.45) is 0 Å². The maximum Gasteiger partial charge on any atom is 0.178 e. The van der Waals surface area contributed by atoms with E-state index in [-0.39, 0.29) is 4.90 Å². The summed E-state index contributed by atoms with van der Waals surface area (Å²) in [5, 5.41) is 0. The lowest BCUT2D eigenvalue weighted by Crippen LogP contribution is -2.01. The highest BCUT2D eigenvalue weighted by Gasteiger charge is 2.16. The van der Waals surface area contributed by atoms with Gasteiger partial charge in [-0.25, -0.2) is 12.8 Å². The van der Waals surface area contributed by atoms with Crippen molar-refractivity contribution in [1.82, 2.24) is 4.98 Å². The van der Waals surface area contributed by atoms with Gasteiger partial charge in [0.1, 0.15) is 10.7 Å². The Kier molecular flexibility index (Phi) is 4.20. The first-order chi connectivity index (χ1) is 11.4. The zero-order chi connectivity index (χ0) is 17.3. The van der Waals surface area contributed by atoms with Gasteiger partial charge in [0.25, 0.3) is 0 Å². The molecule has 0 unspecified atom stereocenters. The molecule has 0 amide bonds. The molecule has 0 saturated heterocycles. The molecule has 0 spiro atoms. The van der Waals surface area contributed by atoms with Crippen LogP contribution in [-0.2, 0) is 9.84 Å². The van der Waals surface area contributed by atoms with Crippen LogP contribution in [0.3, 0.4) is 0 Å². The quantitative estimate of drug-likeness (QED) is 0.715. The fourth-order valence-electron chi connectivity index (χ4n) is 2.58. The average molecular weight is 341 g/mol. The van der Waals surface area contributed by atoms with E-state index in [0.717, 1.165) is 28.5 Å². The Morgan fingerprint density at radius 2 is 1.58 bits per heavy atom. The van der Waals surface area contributed by atoms with E-state index in [0.29, 0.717) is 5.56 Å². The molecule has 2 aromatic carbocycles. The van der Waals surface area contributed by atoms with Gasteiger partial charge >= 0.3 is 0 Å².